The molecular formula is C16H20BrNO. The van der Waals surface area contributed by atoms with Gasteiger partial charge < -0.3 is 4.90 Å². The molecule has 1 aromatic carbocycles. The summed E-state index contributed by atoms with van der Waals surface area (Å²) in [5.74, 6) is 0.882. The Morgan fingerprint density at radius 3 is 2.63 bits per heavy atom. The van der Waals surface area contributed by atoms with E-state index in [0.29, 0.717) is 0 Å². The van der Waals surface area contributed by atoms with Crippen molar-refractivity contribution in [3.8, 4) is 0 Å². The van der Waals surface area contributed by atoms with Crippen LogP contribution in [0, 0.1) is 5.92 Å². The first-order valence-electron chi connectivity index (χ1n) is 7.31. The van der Waals surface area contributed by atoms with Gasteiger partial charge in [0.2, 0.25) is 0 Å². The summed E-state index contributed by atoms with van der Waals surface area (Å²) in [5.41, 5.74) is 2.01. The van der Waals surface area contributed by atoms with Crippen molar-refractivity contribution in [3.05, 3.63) is 28.2 Å². The van der Waals surface area contributed by atoms with Crippen LogP contribution in [0.3, 0.4) is 0 Å². The monoisotopic (exact) mass is 321 g/mol. The molecule has 1 aromatic rings. The minimum Gasteiger partial charge on any atom is -0.368 e. The molecule has 1 saturated heterocycles. The predicted octanol–water partition coefficient (Wildman–Crippen LogP) is 4.42. The van der Waals surface area contributed by atoms with E-state index in [4.69, 9.17) is 0 Å². The molecule has 19 heavy (non-hydrogen) atoms. The number of rotatable bonds is 3. The van der Waals surface area contributed by atoms with Crippen LogP contribution in [0.1, 0.15) is 48.9 Å². The van der Waals surface area contributed by atoms with E-state index in [0.717, 1.165) is 34.8 Å². The van der Waals surface area contributed by atoms with Crippen molar-refractivity contribution in [2.45, 2.75) is 44.6 Å². The van der Waals surface area contributed by atoms with Gasteiger partial charge in [-0.15, -0.1) is 0 Å². The summed E-state index contributed by atoms with van der Waals surface area (Å²) in [4.78, 5) is 13.5. The van der Waals surface area contributed by atoms with Crippen LogP contribution in [0.2, 0.25) is 0 Å². The Morgan fingerprint density at radius 2 is 1.95 bits per heavy atom. The molecule has 0 aromatic heterocycles. The van der Waals surface area contributed by atoms with Gasteiger partial charge in [-0.25, -0.2) is 0 Å². The highest BCUT2D eigenvalue weighted by Crippen LogP contribution is 2.38. The third-order valence-corrected chi connectivity index (χ3v) is 5.37. The van der Waals surface area contributed by atoms with Crippen LogP contribution in [0.4, 0.5) is 5.69 Å². The Labute approximate surface area is 123 Å². The quantitative estimate of drug-likeness (QED) is 0.768. The molecule has 1 saturated carbocycles. The number of halogens is 1. The van der Waals surface area contributed by atoms with Crippen LogP contribution in [-0.4, -0.2) is 18.9 Å². The van der Waals surface area contributed by atoms with Crippen LogP contribution in [0.5, 0.6) is 0 Å². The zero-order valence-electron chi connectivity index (χ0n) is 11.1. The summed E-state index contributed by atoms with van der Waals surface area (Å²) in [6, 6.07) is 6.85. The molecule has 1 aliphatic carbocycles. The number of nitrogens with zero attached hydrogens (tertiary/aromatic N) is 1. The first kappa shape index (κ1) is 13.2. The lowest BCUT2D eigenvalue weighted by Crippen LogP contribution is -2.34. The summed E-state index contributed by atoms with van der Waals surface area (Å²) in [6.07, 6.45) is 9.15. The highest BCUT2D eigenvalue weighted by molar-refractivity contribution is 9.10. The van der Waals surface area contributed by atoms with E-state index in [1.54, 1.807) is 0 Å². The van der Waals surface area contributed by atoms with Gasteiger partial charge in [0.05, 0.1) is 0 Å². The lowest BCUT2D eigenvalue weighted by Gasteiger charge is -2.31. The summed E-state index contributed by atoms with van der Waals surface area (Å²) in [5, 5.41) is 0. The maximum absolute atomic E-state index is 10.9. The van der Waals surface area contributed by atoms with Gasteiger partial charge in [-0.1, -0.05) is 12.8 Å². The number of benzene rings is 1. The SMILES string of the molecule is O=Cc1ccc(N2CCCC2C2CCCC2)cc1Br. The predicted molar refractivity (Wildman–Crippen MR) is 81.9 cm³/mol. The van der Waals surface area contributed by atoms with Gasteiger partial charge in [0, 0.05) is 28.3 Å². The number of aldehydes is 1. The molecule has 1 heterocycles. The van der Waals surface area contributed by atoms with Gasteiger partial charge in [-0.05, 0) is 65.7 Å². The molecule has 102 valence electrons. The molecule has 2 fully saturated rings. The fourth-order valence-electron chi connectivity index (χ4n) is 3.74. The van der Waals surface area contributed by atoms with E-state index in [1.807, 2.05) is 6.07 Å². The van der Waals surface area contributed by atoms with Crippen molar-refractivity contribution in [1.82, 2.24) is 0 Å². The van der Waals surface area contributed by atoms with Crippen LogP contribution < -0.4 is 4.90 Å². The molecule has 1 atom stereocenters. The van der Waals surface area contributed by atoms with E-state index in [1.165, 1.54) is 44.2 Å². The molecule has 2 nitrogen and oxygen atoms in total. The summed E-state index contributed by atoms with van der Waals surface area (Å²) in [7, 11) is 0. The second-order valence-corrected chi connectivity index (χ2v) is 6.63. The number of hydrogen-bond acceptors (Lipinski definition) is 2. The van der Waals surface area contributed by atoms with Crippen molar-refractivity contribution in [1.29, 1.82) is 0 Å². The number of anilines is 1. The summed E-state index contributed by atoms with van der Waals surface area (Å²) < 4.78 is 0.914. The zero-order chi connectivity index (χ0) is 13.2. The third-order valence-electron chi connectivity index (χ3n) is 4.69. The van der Waals surface area contributed by atoms with Gasteiger partial charge >= 0.3 is 0 Å². The van der Waals surface area contributed by atoms with Gasteiger partial charge in [-0.3, -0.25) is 4.79 Å². The highest BCUT2D eigenvalue weighted by atomic mass is 79.9. The zero-order valence-corrected chi connectivity index (χ0v) is 12.7. The summed E-state index contributed by atoms with van der Waals surface area (Å²) >= 11 is 3.50. The fourth-order valence-corrected chi connectivity index (χ4v) is 4.20. The highest BCUT2D eigenvalue weighted by Gasteiger charge is 2.33. The smallest absolute Gasteiger partial charge is 0.151 e. The Bertz CT molecular complexity index is 468. The van der Waals surface area contributed by atoms with Crippen LogP contribution in [-0.2, 0) is 0 Å². The maximum atomic E-state index is 10.9. The van der Waals surface area contributed by atoms with Crippen LogP contribution >= 0.6 is 15.9 Å². The van der Waals surface area contributed by atoms with Crippen LogP contribution in [0.15, 0.2) is 22.7 Å². The molecule has 0 bridgehead atoms. The first-order chi connectivity index (χ1) is 9.29. The van der Waals surface area contributed by atoms with E-state index in [2.05, 4.69) is 33.0 Å². The van der Waals surface area contributed by atoms with Crippen molar-refractivity contribution in [2.75, 3.05) is 11.4 Å². The Morgan fingerprint density at radius 1 is 1.16 bits per heavy atom. The molecule has 3 heteroatoms. The lowest BCUT2D eigenvalue weighted by atomic mass is 9.95. The molecule has 0 amide bonds. The maximum Gasteiger partial charge on any atom is 0.151 e. The molecule has 0 spiro atoms. The second-order valence-electron chi connectivity index (χ2n) is 5.77. The van der Waals surface area contributed by atoms with Gasteiger partial charge in [-0.2, -0.15) is 0 Å². The van der Waals surface area contributed by atoms with Crippen molar-refractivity contribution >= 4 is 27.9 Å². The Balaban J connectivity index is 1.83. The molecule has 0 N–H and O–H groups in total. The lowest BCUT2D eigenvalue weighted by molar-refractivity contribution is 0.112. The standard InChI is InChI=1S/C16H20BrNO/c17-15-10-14(8-7-13(15)11-19)18-9-3-6-16(18)12-4-1-2-5-12/h7-8,10-12,16H,1-6,9H2. The van der Waals surface area contributed by atoms with E-state index in [9.17, 15) is 4.79 Å². The van der Waals surface area contributed by atoms with E-state index >= 15 is 0 Å². The molecule has 0 radical (unpaired) electrons. The van der Waals surface area contributed by atoms with E-state index < -0.39 is 0 Å². The Kier molecular flexibility index (Phi) is 3.92. The normalized spacial score (nSPS) is 24.1. The largest absolute Gasteiger partial charge is 0.368 e. The average Bonchev–Trinajstić information content (AvgIpc) is 3.09. The molecule has 2 aliphatic rings. The van der Waals surface area contributed by atoms with Gasteiger partial charge in [0.15, 0.2) is 6.29 Å². The number of carbonyl (C=O) groups excluding carboxylic acids is 1. The van der Waals surface area contributed by atoms with Crippen LogP contribution in [0.25, 0.3) is 0 Å². The summed E-state index contributed by atoms with van der Waals surface area (Å²) in [6.45, 7) is 1.16. The average molecular weight is 322 g/mol. The first-order valence-corrected chi connectivity index (χ1v) is 8.10. The minimum atomic E-state index is 0.719. The topological polar surface area (TPSA) is 20.3 Å². The fraction of sp³-hybridized carbons (Fsp3) is 0.562. The van der Waals surface area contributed by atoms with Gasteiger partial charge in [0.1, 0.15) is 0 Å². The number of hydrogen-bond donors (Lipinski definition) is 0. The molecular weight excluding hydrogens is 302 g/mol. The van der Waals surface area contributed by atoms with Crippen molar-refractivity contribution in [3.63, 3.8) is 0 Å². The third kappa shape index (κ3) is 2.58. The molecule has 3 rings (SSSR count). The second kappa shape index (κ2) is 5.66. The molecule has 1 unspecified atom stereocenters. The van der Waals surface area contributed by atoms with Crippen molar-refractivity contribution in [2.24, 2.45) is 5.92 Å². The minimum absolute atomic E-state index is 0.719. The number of carbonyl (C=O) groups is 1. The Hall–Kier alpha value is -0.830. The van der Waals surface area contributed by atoms with E-state index in [-0.39, 0.29) is 0 Å². The van der Waals surface area contributed by atoms with Crippen molar-refractivity contribution < 1.29 is 4.79 Å². The van der Waals surface area contributed by atoms with Gasteiger partial charge in [0.25, 0.3) is 0 Å². The molecule has 1 aliphatic heterocycles.